The van der Waals surface area contributed by atoms with Gasteiger partial charge in [0.15, 0.2) is 5.78 Å². The van der Waals surface area contributed by atoms with E-state index in [4.69, 9.17) is 0 Å². The molecule has 2 heterocycles. The van der Waals surface area contributed by atoms with Gasteiger partial charge in [-0.15, -0.1) is 0 Å². The summed E-state index contributed by atoms with van der Waals surface area (Å²) in [6.07, 6.45) is 7.03. The fourth-order valence-electron chi connectivity index (χ4n) is 2.25. The molecule has 0 amide bonds. The van der Waals surface area contributed by atoms with Crippen molar-refractivity contribution in [2.45, 2.75) is 45.1 Å². The largest absolute Gasteiger partial charge is 0.314 e. The summed E-state index contributed by atoms with van der Waals surface area (Å²) >= 11 is 0. The zero-order valence-corrected chi connectivity index (χ0v) is 10.4. The van der Waals surface area contributed by atoms with Crippen LogP contribution in [-0.4, -0.2) is 23.4 Å². The quantitative estimate of drug-likeness (QED) is 0.811. The monoisotopic (exact) mass is 232 g/mol. The molecule has 0 saturated carbocycles. The fraction of sp³-hybridized carbons (Fsp3) is 0.571. The van der Waals surface area contributed by atoms with E-state index in [0.717, 1.165) is 24.2 Å². The molecule has 1 aliphatic rings. The summed E-state index contributed by atoms with van der Waals surface area (Å²) < 4.78 is 0. The predicted octanol–water partition coefficient (Wildman–Crippen LogP) is 2.50. The van der Waals surface area contributed by atoms with Crippen LogP contribution >= 0.6 is 0 Å². The molecular formula is C14H20N2O. The van der Waals surface area contributed by atoms with Crippen molar-refractivity contribution < 1.29 is 4.79 Å². The second kappa shape index (κ2) is 5.92. The Morgan fingerprint density at radius 2 is 2.35 bits per heavy atom. The van der Waals surface area contributed by atoms with Crippen LogP contribution in [0, 0.1) is 6.92 Å². The third-order valence-corrected chi connectivity index (χ3v) is 3.37. The number of pyridine rings is 1. The van der Waals surface area contributed by atoms with Crippen LogP contribution in [0.5, 0.6) is 0 Å². The molecule has 2 rings (SSSR count). The topological polar surface area (TPSA) is 42.0 Å². The Labute approximate surface area is 103 Å². The molecule has 1 fully saturated rings. The van der Waals surface area contributed by atoms with Gasteiger partial charge in [0.25, 0.3) is 0 Å². The molecule has 1 aromatic rings. The molecule has 1 aromatic heterocycles. The van der Waals surface area contributed by atoms with E-state index in [1.165, 1.54) is 19.3 Å². The van der Waals surface area contributed by atoms with Gasteiger partial charge in [0.05, 0.1) is 0 Å². The number of ketones is 1. The van der Waals surface area contributed by atoms with Gasteiger partial charge in [-0.25, -0.2) is 0 Å². The molecule has 17 heavy (non-hydrogen) atoms. The normalized spacial score (nSPS) is 20.2. The van der Waals surface area contributed by atoms with E-state index in [2.05, 4.69) is 10.3 Å². The number of Topliss-reactive ketones (excluding diaryl/α,β-unsaturated/α-hetero) is 1. The highest BCUT2D eigenvalue weighted by atomic mass is 16.1. The van der Waals surface area contributed by atoms with Crippen LogP contribution in [0.15, 0.2) is 18.3 Å². The van der Waals surface area contributed by atoms with Crippen LogP contribution in [0.2, 0.25) is 0 Å². The molecule has 1 atom stereocenters. The highest BCUT2D eigenvalue weighted by Gasteiger charge is 2.14. The summed E-state index contributed by atoms with van der Waals surface area (Å²) in [5.41, 5.74) is 1.70. The molecule has 3 heteroatoms. The average Bonchev–Trinajstić information content (AvgIpc) is 2.38. The van der Waals surface area contributed by atoms with Gasteiger partial charge in [-0.3, -0.25) is 9.78 Å². The molecule has 0 radical (unpaired) electrons. The number of carbonyl (C=O) groups is 1. The van der Waals surface area contributed by atoms with Gasteiger partial charge < -0.3 is 5.32 Å². The fourth-order valence-corrected chi connectivity index (χ4v) is 2.25. The van der Waals surface area contributed by atoms with Gasteiger partial charge in [-0.1, -0.05) is 6.42 Å². The second-order valence-electron chi connectivity index (χ2n) is 4.80. The number of hydrogen-bond acceptors (Lipinski definition) is 3. The van der Waals surface area contributed by atoms with Crippen molar-refractivity contribution in [2.24, 2.45) is 0 Å². The van der Waals surface area contributed by atoms with Crippen molar-refractivity contribution >= 4 is 5.78 Å². The molecule has 1 N–H and O–H groups in total. The van der Waals surface area contributed by atoms with Crippen molar-refractivity contribution in [3.05, 3.63) is 29.6 Å². The van der Waals surface area contributed by atoms with Gasteiger partial charge in [0.2, 0.25) is 0 Å². The molecule has 3 nitrogen and oxygen atoms in total. The predicted molar refractivity (Wildman–Crippen MR) is 68.2 cm³/mol. The smallest absolute Gasteiger partial charge is 0.164 e. The molecule has 0 aliphatic carbocycles. The number of nitrogens with zero attached hydrogens (tertiary/aromatic N) is 1. The SMILES string of the molecule is Cc1ccc(C(=O)CCC2CCCCN2)cn1. The first-order valence-corrected chi connectivity index (χ1v) is 6.45. The molecule has 0 spiro atoms. The number of aryl methyl sites for hydroxylation is 1. The van der Waals surface area contributed by atoms with Gasteiger partial charge in [0, 0.05) is 29.9 Å². The second-order valence-corrected chi connectivity index (χ2v) is 4.80. The first-order chi connectivity index (χ1) is 8.25. The van der Waals surface area contributed by atoms with Crippen molar-refractivity contribution in [3.8, 4) is 0 Å². The Morgan fingerprint density at radius 1 is 1.47 bits per heavy atom. The molecule has 0 aromatic carbocycles. The van der Waals surface area contributed by atoms with Crippen molar-refractivity contribution in [1.29, 1.82) is 0 Å². The maximum atomic E-state index is 11.9. The number of nitrogens with one attached hydrogen (secondary N) is 1. The first-order valence-electron chi connectivity index (χ1n) is 6.45. The minimum Gasteiger partial charge on any atom is -0.314 e. The Hall–Kier alpha value is -1.22. The van der Waals surface area contributed by atoms with E-state index in [0.29, 0.717) is 12.5 Å². The molecular weight excluding hydrogens is 212 g/mol. The summed E-state index contributed by atoms with van der Waals surface area (Å²) in [6, 6.07) is 4.30. The third-order valence-electron chi connectivity index (χ3n) is 3.37. The van der Waals surface area contributed by atoms with E-state index in [1.807, 2.05) is 19.1 Å². The summed E-state index contributed by atoms with van der Waals surface area (Å²) in [7, 11) is 0. The standard InChI is InChI=1S/C14H20N2O/c1-11-5-6-12(10-16-11)14(17)8-7-13-4-2-3-9-15-13/h5-6,10,13,15H,2-4,7-9H2,1H3. The first kappa shape index (κ1) is 12.2. The summed E-state index contributed by atoms with van der Waals surface area (Å²) in [6.45, 7) is 3.03. The van der Waals surface area contributed by atoms with E-state index >= 15 is 0 Å². The minimum absolute atomic E-state index is 0.213. The van der Waals surface area contributed by atoms with E-state index < -0.39 is 0 Å². The Bertz CT molecular complexity index is 366. The van der Waals surface area contributed by atoms with Crippen molar-refractivity contribution in [1.82, 2.24) is 10.3 Å². The van der Waals surface area contributed by atoms with Gasteiger partial charge in [-0.05, 0) is 44.9 Å². The van der Waals surface area contributed by atoms with Gasteiger partial charge in [-0.2, -0.15) is 0 Å². The Morgan fingerprint density at radius 3 is 3.00 bits per heavy atom. The molecule has 0 bridgehead atoms. The van der Waals surface area contributed by atoms with Crippen LogP contribution in [0.4, 0.5) is 0 Å². The molecule has 92 valence electrons. The lowest BCUT2D eigenvalue weighted by molar-refractivity contribution is 0.0974. The van der Waals surface area contributed by atoms with Crippen LogP contribution in [-0.2, 0) is 0 Å². The average molecular weight is 232 g/mol. The van der Waals surface area contributed by atoms with Crippen molar-refractivity contribution in [3.63, 3.8) is 0 Å². The number of hydrogen-bond donors (Lipinski definition) is 1. The molecule has 1 aliphatic heterocycles. The highest BCUT2D eigenvalue weighted by molar-refractivity contribution is 5.95. The van der Waals surface area contributed by atoms with Gasteiger partial charge in [0.1, 0.15) is 0 Å². The van der Waals surface area contributed by atoms with Gasteiger partial charge >= 0.3 is 0 Å². The van der Waals surface area contributed by atoms with Crippen molar-refractivity contribution in [2.75, 3.05) is 6.54 Å². The summed E-state index contributed by atoms with van der Waals surface area (Å²) in [5, 5.41) is 3.47. The number of carbonyl (C=O) groups excluding carboxylic acids is 1. The maximum Gasteiger partial charge on any atom is 0.164 e. The van der Waals surface area contributed by atoms with E-state index in [-0.39, 0.29) is 5.78 Å². The lowest BCUT2D eigenvalue weighted by atomic mass is 9.98. The Balaban J connectivity index is 1.82. The number of rotatable bonds is 4. The third kappa shape index (κ3) is 3.63. The maximum absolute atomic E-state index is 11.9. The number of piperidine rings is 1. The zero-order valence-electron chi connectivity index (χ0n) is 10.4. The molecule has 1 unspecified atom stereocenters. The minimum atomic E-state index is 0.213. The lowest BCUT2D eigenvalue weighted by Crippen LogP contribution is -2.34. The Kier molecular flexibility index (Phi) is 4.26. The summed E-state index contributed by atoms with van der Waals surface area (Å²) in [5.74, 6) is 0.213. The zero-order chi connectivity index (χ0) is 12.1. The van der Waals surface area contributed by atoms with E-state index in [1.54, 1.807) is 6.20 Å². The van der Waals surface area contributed by atoms with Crippen LogP contribution < -0.4 is 5.32 Å². The summed E-state index contributed by atoms with van der Waals surface area (Å²) in [4.78, 5) is 16.1. The number of aromatic nitrogens is 1. The van der Waals surface area contributed by atoms with E-state index in [9.17, 15) is 4.79 Å². The lowest BCUT2D eigenvalue weighted by Gasteiger charge is -2.22. The van der Waals surface area contributed by atoms with Crippen LogP contribution in [0.25, 0.3) is 0 Å². The highest BCUT2D eigenvalue weighted by Crippen LogP contribution is 2.13. The van der Waals surface area contributed by atoms with Crippen LogP contribution in [0.3, 0.4) is 0 Å². The molecule has 1 saturated heterocycles. The van der Waals surface area contributed by atoms with Crippen LogP contribution in [0.1, 0.15) is 48.2 Å².